The van der Waals surface area contributed by atoms with Crippen molar-refractivity contribution < 1.29 is 4.79 Å². The van der Waals surface area contributed by atoms with E-state index in [1.54, 1.807) is 6.07 Å². The summed E-state index contributed by atoms with van der Waals surface area (Å²) in [5.41, 5.74) is 7.76. The minimum absolute atomic E-state index is 0.429. The predicted molar refractivity (Wildman–Crippen MR) is 59.6 cm³/mol. The molecule has 0 aliphatic heterocycles. The fourth-order valence-corrected chi connectivity index (χ4v) is 1.63. The molecule has 2 rings (SSSR count). The standard InChI is InChI=1S/C11H13N3O/c1-13-6-7-2-3-9-8(4-7)5-10(14-9)11(12)15/h2-5,13-14H,6H2,1H3,(H2,12,15). The van der Waals surface area contributed by atoms with Crippen LogP contribution in [0.3, 0.4) is 0 Å². The first kappa shape index (κ1) is 9.73. The number of amides is 1. The Hall–Kier alpha value is -1.81. The van der Waals surface area contributed by atoms with Crippen molar-refractivity contribution in [3.63, 3.8) is 0 Å². The molecule has 0 spiro atoms. The van der Waals surface area contributed by atoms with E-state index in [1.807, 2.05) is 25.2 Å². The minimum atomic E-state index is -0.429. The van der Waals surface area contributed by atoms with Gasteiger partial charge in [-0.05, 0) is 30.8 Å². The topological polar surface area (TPSA) is 70.9 Å². The van der Waals surface area contributed by atoms with Crippen LogP contribution in [0, 0.1) is 0 Å². The largest absolute Gasteiger partial charge is 0.364 e. The number of nitrogens with one attached hydrogen (secondary N) is 2. The Labute approximate surface area is 87.5 Å². The van der Waals surface area contributed by atoms with Crippen LogP contribution in [0.5, 0.6) is 0 Å². The Bertz CT molecular complexity index is 502. The van der Waals surface area contributed by atoms with Gasteiger partial charge in [0.2, 0.25) is 0 Å². The Kier molecular flexibility index (Phi) is 2.43. The number of fused-ring (bicyclic) bond motifs is 1. The maximum absolute atomic E-state index is 11.0. The third kappa shape index (κ3) is 1.85. The third-order valence-electron chi connectivity index (χ3n) is 2.33. The Balaban J connectivity index is 2.47. The van der Waals surface area contributed by atoms with E-state index in [-0.39, 0.29) is 0 Å². The summed E-state index contributed by atoms with van der Waals surface area (Å²) in [5, 5.41) is 4.09. The van der Waals surface area contributed by atoms with E-state index in [9.17, 15) is 4.79 Å². The highest BCUT2D eigenvalue weighted by atomic mass is 16.1. The monoisotopic (exact) mass is 203 g/mol. The number of rotatable bonds is 3. The van der Waals surface area contributed by atoms with Gasteiger partial charge in [-0.3, -0.25) is 4.79 Å². The number of primary amides is 1. The smallest absolute Gasteiger partial charge is 0.265 e. The van der Waals surface area contributed by atoms with Crippen molar-refractivity contribution in [3.05, 3.63) is 35.5 Å². The molecule has 0 unspecified atom stereocenters. The number of hydrogen-bond acceptors (Lipinski definition) is 2. The van der Waals surface area contributed by atoms with Crippen LogP contribution in [0.4, 0.5) is 0 Å². The number of nitrogens with two attached hydrogens (primary N) is 1. The van der Waals surface area contributed by atoms with Crippen LogP contribution < -0.4 is 11.1 Å². The summed E-state index contributed by atoms with van der Waals surface area (Å²) in [6, 6.07) is 7.78. The average molecular weight is 203 g/mol. The number of hydrogen-bond donors (Lipinski definition) is 3. The average Bonchev–Trinajstić information content (AvgIpc) is 2.61. The third-order valence-corrected chi connectivity index (χ3v) is 2.33. The lowest BCUT2D eigenvalue weighted by Gasteiger charge is -1.98. The van der Waals surface area contributed by atoms with E-state index in [0.29, 0.717) is 5.69 Å². The predicted octanol–water partition coefficient (Wildman–Crippen LogP) is 0.986. The fourth-order valence-electron chi connectivity index (χ4n) is 1.63. The SMILES string of the molecule is CNCc1ccc2[nH]c(C(N)=O)cc2c1. The minimum Gasteiger partial charge on any atom is -0.364 e. The van der Waals surface area contributed by atoms with Gasteiger partial charge in [0.15, 0.2) is 0 Å². The Morgan fingerprint density at radius 3 is 2.93 bits per heavy atom. The van der Waals surface area contributed by atoms with Gasteiger partial charge in [-0.2, -0.15) is 0 Å². The van der Waals surface area contributed by atoms with Gasteiger partial charge in [0.25, 0.3) is 5.91 Å². The first-order valence-corrected chi connectivity index (χ1v) is 4.77. The van der Waals surface area contributed by atoms with Gasteiger partial charge < -0.3 is 16.0 Å². The zero-order valence-corrected chi connectivity index (χ0v) is 8.50. The zero-order valence-electron chi connectivity index (χ0n) is 8.50. The van der Waals surface area contributed by atoms with Crippen LogP contribution in [0.15, 0.2) is 24.3 Å². The van der Waals surface area contributed by atoms with Gasteiger partial charge >= 0.3 is 0 Å². The molecular formula is C11H13N3O. The van der Waals surface area contributed by atoms with Crippen molar-refractivity contribution in [3.8, 4) is 0 Å². The van der Waals surface area contributed by atoms with E-state index in [2.05, 4.69) is 10.3 Å². The van der Waals surface area contributed by atoms with Crippen molar-refractivity contribution in [1.82, 2.24) is 10.3 Å². The highest BCUT2D eigenvalue weighted by Crippen LogP contribution is 2.16. The summed E-state index contributed by atoms with van der Waals surface area (Å²) >= 11 is 0. The Morgan fingerprint density at radius 2 is 2.27 bits per heavy atom. The van der Waals surface area contributed by atoms with E-state index in [0.717, 1.165) is 17.4 Å². The highest BCUT2D eigenvalue weighted by Gasteiger charge is 2.05. The quantitative estimate of drug-likeness (QED) is 0.696. The number of aromatic nitrogens is 1. The van der Waals surface area contributed by atoms with Gasteiger partial charge in [-0.1, -0.05) is 6.07 Å². The molecule has 0 saturated heterocycles. The zero-order chi connectivity index (χ0) is 10.8. The number of aromatic amines is 1. The molecule has 4 heteroatoms. The molecule has 1 aromatic heterocycles. The van der Waals surface area contributed by atoms with Gasteiger partial charge in [0.1, 0.15) is 5.69 Å². The molecular weight excluding hydrogens is 190 g/mol. The van der Waals surface area contributed by atoms with E-state index in [1.165, 1.54) is 5.56 Å². The summed E-state index contributed by atoms with van der Waals surface area (Å²) in [7, 11) is 1.90. The summed E-state index contributed by atoms with van der Waals surface area (Å²) in [6.07, 6.45) is 0. The number of benzene rings is 1. The van der Waals surface area contributed by atoms with Crippen LogP contribution in [0.2, 0.25) is 0 Å². The van der Waals surface area contributed by atoms with Crippen LogP contribution >= 0.6 is 0 Å². The highest BCUT2D eigenvalue weighted by molar-refractivity contribution is 5.97. The normalized spacial score (nSPS) is 10.7. The van der Waals surface area contributed by atoms with Crippen molar-refractivity contribution in [1.29, 1.82) is 0 Å². The summed E-state index contributed by atoms with van der Waals surface area (Å²) in [4.78, 5) is 13.9. The summed E-state index contributed by atoms with van der Waals surface area (Å²) < 4.78 is 0. The van der Waals surface area contributed by atoms with E-state index in [4.69, 9.17) is 5.73 Å². The van der Waals surface area contributed by atoms with Crippen LogP contribution in [-0.4, -0.2) is 17.9 Å². The fraction of sp³-hybridized carbons (Fsp3) is 0.182. The second-order valence-corrected chi connectivity index (χ2v) is 3.50. The molecule has 0 radical (unpaired) electrons. The molecule has 0 atom stereocenters. The van der Waals surface area contributed by atoms with Crippen LogP contribution in [0.25, 0.3) is 10.9 Å². The van der Waals surface area contributed by atoms with Gasteiger partial charge in [-0.15, -0.1) is 0 Å². The maximum Gasteiger partial charge on any atom is 0.265 e. The van der Waals surface area contributed by atoms with Crippen molar-refractivity contribution >= 4 is 16.8 Å². The molecule has 1 amide bonds. The number of H-pyrrole nitrogens is 1. The molecule has 15 heavy (non-hydrogen) atoms. The van der Waals surface area contributed by atoms with E-state index >= 15 is 0 Å². The molecule has 0 saturated carbocycles. The Morgan fingerprint density at radius 1 is 1.47 bits per heavy atom. The van der Waals surface area contributed by atoms with Crippen LogP contribution in [0.1, 0.15) is 16.1 Å². The molecule has 0 fully saturated rings. The maximum atomic E-state index is 11.0. The molecule has 78 valence electrons. The lowest BCUT2D eigenvalue weighted by atomic mass is 10.1. The summed E-state index contributed by atoms with van der Waals surface area (Å²) in [6.45, 7) is 0.813. The molecule has 4 N–H and O–H groups in total. The van der Waals surface area contributed by atoms with Crippen molar-refractivity contribution in [2.45, 2.75) is 6.54 Å². The van der Waals surface area contributed by atoms with Crippen LogP contribution in [-0.2, 0) is 6.54 Å². The van der Waals surface area contributed by atoms with Crippen molar-refractivity contribution in [2.24, 2.45) is 5.73 Å². The first-order chi connectivity index (χ1) is 7.20. The molecule has 4 nitrogen and oxygen atoms in total. The molecule has 0 aliphatic carbocycles. The molecule has 0 bridgehead atoms. The molecule has 0 aliphatic rings. The lowest BCUT2D eigenvalue weighted by molar-refractivity contribution is 0.0996. The second-order valence-electron chi connectivity index (χ2n) is 3.50. The molecule has 1 heterocycles. The second kappa shape index (κ2) is 3.74. The van der Waals surface area contributed by atoms with Gasteiger partial charge in [0.05, 0.1) is 0 Å². The number of carbonyl (C=O) groups excluding carboxylic acids is 1. The number of carbonyl (C=O) groups is 1. The molecule has 2 aromatic rings. The summed E-state index contributed by atoms with van der Waals surface area (Å²) in [5.74, 6) is -0.429. The van der Waals surface area contributed by atoms with Gasteiger partial charge in [0, 0.05) is 17.4 Å². The van der Waals surface area contributed by atoms with Crippen molar-refractivity contribution in [2.75, 3.05) is 7.05 Å². The first-order valence-electron chi connectivity index (χ1n) is 4.77. The molecule has 1 aromatic carbocycles. The lowest BCUT2D eigenvalue weighted by Crippen LogP contribution is -2.10. The van der Waals surface area contributed by atoms with Gasteiger partial charge in [-0.25, -0.2) is 0 Å². The van der Waals surface area contributed by atoms with E-state index < -0.39 is 5.91 Å².